The molecule has 0 aliphatic carbocycles. The molecular formula is C39H39ClN4O3S2. The van der Waals surface area contributed by atoms with Crippen LogP contribution in [0.3, 0.4) is 0 Å². The van der Waals surface area contributed by atoms with Gasteiger partial charge in [-0.25, -0.2) is 9.59 Å². The first-order valence-electron chi connectivity index (χ1n) is 16.4. The van der Waals surface area contributed by atoms with Gasteiger partial charge in [-0.15, -0.1) is 22.7 Å². The Labute approximate surface area is 299 Å². The summed E-state index contributed by atoms with van der Waals surface area (Å²) in [5, 5.41) is 25.6. The molecule has 0 aliphatic heterocycles. The highest BCUT2D eigenvalue weighted by Crippen LogP contribution is 2.35. The number of hydrogen-bond acceptors (Lipinski definition) is 5. The van der Waals surface area contributed by atoms with E-state index in [4.69, 9.17) is 11.6 Å². The standard InChI is InChI=1S/C39H39ClN4O3S2/c1-25(32-12-11-27(20-34(32)40)24-44-39(47)43-19-16-31-23-29-7-3-5-9-37(29)49-31)33-13-10-26(21-35(33)45)14-17-41-38(46)42-18-15-30-22-28-6-2-4-8-36(28)48-30/h2-13,20-23,25,45H,14-19,24H2,1H3,(H2,41,42,46)(H2,43,44,47). The second-order valence-electron chi connectivity index (χ2n) is 12.0. The lowest BCUT2D eigenvalue weighted by atomic mass is 9.90. The van der Waals surface area contributed by atoms with Crippen LogP contribution < -0.4 is 21.3 Å². The summed E-state index contributed by atoms with van der Waals surface area (Å²) in [6.07, 6.45) is 2.16. The van der Waals surface area contributed by atoms with E-state index < -0.39 is 0 Å². The van der Waals surface area contributed by atoms with E-state index in [0.29, 0.717) is 37.6 Å². The van der Waals surface area contributed by atoms with Crippen LogP contribution >= 0.6 is 34.3 Å². The van der Waals surface area contributed by atoms with Gasteiger partial charge in [0.15, 0.2) is 0 Å². The van der Waals surface area contributed by atoms with Crippen molar-refractivity contribution in [3.05, 3.63) is 134 Å². The van der Waals surface area contributed by atoms with Crippen LogP contribution in [0.2, 0.25) is 5.02 Å². The molecule has 49 heavy (non-hydrogen) atoms. The molecular weight excluding hydrogens is 672 g/mol. The van der Waals surface area contributed by atoms with E-state index >= 15 is 0 Å². The molecule has 0 radical (unpaired) electrons. The fourth-order valence-corrected chi connectivity index (χ4v) is 8.35. The smallest absolute Gasteiger partial charge is 0.315 e. The maximum Gasteiger partial charge on any atom is 0.315 e. The van der Waals surface area contributed by atoms with E-state index in [1.54, 1.807) is 28.7 Å². The molecule has 1 unspecified atom stereocenters. The summed E-state index contributed by atoms with van der Waals surface area (Å²) in [5.41, 5.74) is 3.46. The monoisotopic (exact) mass is 710 g/mol. The second kappa shape index (κ2) is 16.2. The highest BCUT2D eigenvalue weighted by atomic mass is 35.5. The minimum absolute atomic E-state index is 0.148. The van der Waals surface area contributed by atoms with Gasteiger partial charge in [-0.1, -0.05) is 79.2 Å². The largest absolute Gasteiger partial charge is 0.508 e. The van der Waals surface area contributed by atoms with Crippen molar-refractivity contribution in [1.29, 1.82) is 0 Å². The number of fused-ring (bicyclic) bond motifs is 2. The fraction of sp³-hybridized carbons (Fsp3) is 0.231. The number of urea groups is 2. The molecule has 0 spiro atoms. The van der Waals surface area contributed by atoms with Crippen LogP contribution in [0.1, 0.15) is 44.8 Å². The molecule has 0 saturated heterocycles. The summed E-state index contributed by atoms with van der Waals surface area (Å²) >= 11 is 10.2. The zero-order valence-corrected chi connectivity index (χ0v) is 29.6. The summed E-state index contributed by atoms with van der Waals surface area (Å²) in [6.45, 7) is 3.92. The van der Waals surface area contributed by atoms with Gasteiger partial charge in [-0.05, 0) is 83.1 Å². The van der Waals surface area contributed by atoms with Gasteiger partial charge < -0.3 is 26.4 Å². The van der Waals surface area contributed by atoms with Gasteiger partial charge in [-0.2, -0.15) is 0 Å². The number of thiophene rings is 2. The molecule has 4 amide bonds. The first-order valence-corrected chi connectivity index (χ1v) is 18.4. The highest BCUT2D eigenvalue weighted by molar-refractivity contribution is 7.19. The Balaban J connectivity index is 0.918. The number of amides is 4. The number of benzene rings is 4. The average molecular weight is 711 g/mol. The number of carbonyl (C=O) groups is 2. The van der Waals surface area contributed by atoms with Crippen LogP contribution in [-0.4, -0.2) is 36.8 Å². The van der Waals surface area contributed by atoms with Gasteiger partial charge in [0.1, 0.15) is 5.75 Å². The van der Waals surface area contributed by atoms with Gasteiger partial charge in [0, 0.05) is 61.8 Å². The minimum Gasteiger partial charge on any atom is -0.508 e. The topological polar surface area (TPSA) is 102 Å². The summed E-state index contributed by atoms with van der Waals surface area (Å²) in [6, 6.07) is 31.9. The predicted molar refractivity (Wildman–Crippen MR) is 203 cm³/mol. The molecule has 0 fully saturated rings. The highest BCUT2D eigenvalue weighted by Gasteiger charge is 2.17. The van der Waals surface area contributed by atoms with Crippen molar-refractivity contribution in [1.82, 2.24) is 21.3 Å². The van der Waals surface area contributed by atoms with Crippen LogP contribution in [0.25, 0.3) is 20.2 Å². The third-order valence-electron chi connectivity index (χ3n) is 8.51. The van der Waals surface area contributed by atoms with Crippen molar-refractivity contribution in [3.63, 3.8) is 0 Å². The minimum atomic E-state index is -0.224. The SMILES string of the molecule is CC(c1ccc(CCNC(=O)NCCc2cc3ccccc3s2)cc1O)c1ccc(CNC(=O)NCCc2cc3ccccc3s2)cc1Cl. The van der Waals surface area contributed by atoms with Gasteiger partial charge >= 0.3 is 12.1 Å². The predicted octanol–water partition coefficient (Wildman–Crippen LogP) is 8.75. The lowest BCUT2D eigenvalue weighted by Crippen LogP contribution is -2.37. The molecule has 2 heterocycles. The maximum atomic E-state index is 12.4. The van der Waals surface area contributed by atoms with Crippen molar-refractivity contribution in [2.24, 2.45) is 0 Å². The van der Waals surface area contributed by atoms with Gasteiger partial charge in [0.25, 0.3) is 0 Å². The summed E-state index contributed by atoms with van der Waals surface area (Å²) in [7, 11) is 0. The molecule has 2 aromatic heterocycles. The number of halogens is 1. The molecule has 6 rings (SSSR count). The molecule has 252 valence electrons. The number of hydrogen-bond donors (Lipinski definition) is 5. The molecule has 10 heteroatoms. The summed E-state index contributed by atoms with van der Waals surface area (Å²) in [5.74, 6) is 0.0394. The summed E-state index contributed by atoms with van der Waals surface area (Å²) < 4.78 is 2.51. The van der Waals surface area contributed by atoms with E-state index in [2.05, 4.69) is 57.7 Å². The van der Waals surface area contributed by atoms with Crippen LogP contribution in [0.15, 0.2) is 97.1 Å². The Bertz CT molecular complexity index is 2010. The molecule has 1 atom stereocenters. The zero-order chi connectivity index (χ0) is 34.2. The van der Waals surface area contributed by atoms with Crippen LogP contribution in [0, 0.1) is 0 Å². The lowest BCUT2D eigenvalue weighted by molar-refractivity contribution is 0.240. The van der Waals surface area contributed by atoms with Gasteiger partial charge in [0.2, 0.25) is 0 Å². The number of nitrogens with one attached hydrogen (secondary N) is 4. The Morgan fingerprint density at radius 3 is 1.76 bits per heavy atom. The Kier molecular flexibility index (Phi) is 11.4. The van der Waals surface area contributed by atoms with E-state index in [-0.39, 0.29) is 23.7 Å². The first-order chi connectivity index (χ1) is 23.8. The summed E-state index contributed by atoms with van der Waals surface area (Å²) in [4.78, 5) is 27.2. The van der Waals surface area contributed by atoms with Crippen molar-refractivity contribution >= 4 is 66.5 Å². The van der Waals surface area contributed by atoms with E-state index in [9.17, 15) is 14.7 Å². The van der Waals surface area contributed by atoms with Crippen molar-refractivity contribution in [3.8, 4) is 5.75 Å². The third-order valence-corrected chi connectivity index (χ3v) is 11.2. The molecule has 7 nitrogen and oxygen atoms in total. The first kappa shape index (κ1) is 34.3. The van der Waals surface area contributed by atoms with Gasteiger partial charge in [0.05, 0.1) is 0 Å². The Morgan fingerprint density at radius 2 is 1.18 bits per heavy atom. The molecule has 0 saturated carbocycles. The number of phenolic OH excluding ortho intramolecular Hbond substituents is 1. The van der Waals surface area contributed by atoms with Crippen LogP contribution in [0.4, 0.5) is 9.59 Å². The van der Waals surface area contributed by atoms with Gasteiger partial charge in [-0.3, -0.25) is 0 Å². The second-order valence-corrected chi connectivity index (χ2v) is 14.8. The average Bonchev–Trinajstić information content (AvgIpc) is 3.71. The molecule has 5 N–H and O–H groups in total. The molecule has 4 aromatic carbocycles. The van der Waals surface area contributed by atoms with Crippen molar-refractivity contribution < 1.29 is 14.7 Å². The molecule has 0 aliphatic rings. The van der Waals surface area contributed by atoms with E-state index in [1.807, 2.05) is 61.5 Å². The van der Waals surface area contributed by atoms with E-state index in [1.165, 1.54) is 29.9 Å². The van der Waals surface area contributed by atoms with Crippen LogP contribution in [0.5, 0.6) is 5.75 Å². The number of phenols is 1. The number of rotatable bonds is 13. The fourth-order valence-electron chi connectivity index (χ4n) is 5.86. The Hall–Kier alpha value is -4.57. The quantitative estimate of drug-likeness (QED) is 0.0828. The van der Waals surface area contributed by atoms with Crippen LogP contribution in [-0.2, 0) is 25.8 Å². The normalized spacial score (nSPS) is 11.8. The lowest BCUT2D eigenvalue weighted by Gasteiger charge is -2.17. The third kappa shape index (κ3) is 9.12. The van der Waals surface area contributed by atoms with Crippen molar-refractivity contribution in [2.75, 3.05) is 19.6 Å². The molecule has 6 aromatic rings. The number of aromatic hydroxyl groups is 1. The van der Waals surface area contributed by atoms with Crippen molar-refractivity contribution in [2.45, 2.75) is 38.6 Å². The molecule has 0 bridgehead atoms. The van der Waals surface area contributed by atoms with E-state index in [0.717, 1.165) is 35.1 Å². The zero-order valence-electron chi connectivity index (χ0n) is 27.2. The maximum absolute atomic E-state index is 12.4. The Morgan fingerprint density at radius 1 is 0.653 bits per heavy atom. The number of carbonyl (C=O) groups excluding carboxylic acids is 2.